The van der Waals surface area contributed by atoms with Gasteiger partial charge in [0.05, 0.1) is 5.52 Å². The van der Waals surface area contributed by atoms with E-state index in [1.807, 2.05) is 19.2 Å². The predicted octanol–water partition coefficient (Wildman–Crippen LogP) is 5.79. The number of hydrogen-bond donors (Lipinski definition) is 3. The number of nitrogens with one attached hydrogen (secondary N) is 2. The minimum Gasteiger partial charge on any atom is -0.351 e. The number of halogens is 1. The summed E-state index contributed by atoms with van der Waals surface area (Å²) >= 11 is 0. The van der Waals surface area contributed by atoms with Crippen LogP contribution in [0.25, 0.3) is 22.0 Å². The average molecular weight is 534 g/mol. The molecule has 0 aliphatic heterocycles. The Bertz CT molecular complexity index is 1580. The fourth-order valence-corrected chi connectivity index (χ4v) is 6.21. The normalized spacial score (nSPS) is 17.9. The molecule has 0 atom stereocenters. The lowest BCUT2D eigenvalue weighted by molar-refractivity contribution is 0.410. The maximum atomic E-state index is 14.1. The Balaban J connectivity index is 1.41. The molecule has 0 amide bonds. The Morgan fingerprint density at radius 3 is 2.53 bits per heavy atom. The Morgan fingerprint density at radius 2 is 1.82 bits per heavy atom. The van der Waals surface area contributed by atoms with Crippen molar-refractivity contribution in [3.63, 3.8) is 0 Å². The smallest absolute Gasteiger partial charge is 0.264 e. The predicted molar refractivity (Wildman–Crippen MR) is 150 cm³/mol. The number of nitrogens with zero attached hydrogens (tertiary/aromatic N) is 2. The van der Waals surface area contributed by atoms with Crippen LogP contribution in [0.3, 0.4) is 0 Å². The van der Waals surface area contributed by atoms with Gasteiger partial charge in [-0.15, -0.1) is 0 Å². The molecule has 38 heavy (non-hydrogen) atoms. The lowest BCUT2D eigenvalue weighted by Gasteiger charge is -2.26. The Hall–Kier alpha value is -3.56. The average Bonchev–Trinajstić information content (AvgIpc) is 2.89. The van der Waals surface area contributed by atoms with Crippen LogP contribution in [0.1, 0.15) is 43.7 Å². The molecule has 1 heterocycles. The van der Waals surface area contributed by atoms with Gasteiger partial charge in [0, 0.05) is 29.4 Å². The van der Waals surface area contributed by atoms with Gasteiger partial charge in [-0.05, 0) is 97.7 Å². The van der Waals surface area contributed by atoms with Gasteiger partial charge in [0.25, 0.3) is 10.0 Å². The summed E-state index contributed by atoms with van der Waals surface area (Å²) in [5.74, 6) is -0.150. The van der Waals surface area contributed by atoms with Crippen LogP contribution in [-0.4, -0.2) is 30.5 Å². The van der Waals surface area contributed by atoms with Gasteiger partial charge in [-0.1, -0.05) is 25.1 Å². The molecule has 1 saturated carbocycles. The van der Waals surface area contributed by atoms with E-state index in [1.54, 1.807) is 12.1 Å². The van der Waals surface area contributed by atoms with Crippen molar-refractivity contribution in [3.05, 3.63) is 77.7 Å². The number of rotatable bonds is 7. The zero-order valence-electron chi connectivity index (χ0n) is 21.5. The second-order valence-electron chi connectivity index (χ2n) is 9.94. The van der Waals surface area contributed by atoms with Crippen molar-refractivity contribution in [2.45, 2.75) is 62.9 Å². The fourth-order valence-electron chi connectivity index (χ4n) is 5.08. The number of sulfonamides is 1. The van der Waals surface area contributed by atoms with E-state index < -0.39 is 15.8 Å². The van der Waals surface area contributed by atoms with Crippen molar-refractivity contribution in [1.82, 2.24) is 9.97 Å². The van der Waals surface area contributed by atoms with E-state index in [2.05, 4.69) is 34.1 Å². The molecule has 5 rings (SSSR count). The quantitative estimate of drug-likeness (QED) is 0.277. The molecule has 198 valence electrons. The highest BCUT2D eigenvalue weighted by Crippen LogP contribution is 2.32. The van der Waals surface area contributed by atoms with E-state index in [1.165, 1.54) is 18.2 Å². The highest BCUT2D eigenvalue weighted by molar-refractivity contribution is 7.92. The third kappa shape index (κ3) is 5.49. The fraction of sp³-hybridized carbons (Fsp3) is 0.310. The SMILES string of the molecule is CCc1cc(-c2ccc(NS(=O)(=O)c3ccccc3F)cc2C)cc2cnc(N[C@H]3CC[C@H](N)CC3)nc12. The Labute approximate surface area is 222 Å². The minimum absolute atomic E-state index is 0.292. The lowest BCUT2D eigenvalue weighted by atomic mass is 9.92. The van der Waals surface area contributed by atoms with Crippen molar-refractivity contribution < 1.29 is 12.8 Å². The molecule has 9 heteroatoms. The number of benzene rings is 3. The molecular formula is C29H32FN5O2S. The number of aromatic nitrogens is 2. The summed E-state index contributed by atoms with van der Waals surface area (Å²) in [7, 11) is -4.05. The van der Waals surface area contributed by atoms with E-state index in [0.717, 1.165) is 71.3 Å². The topological polar surface area (TPSA) is 110 Å². The van der Waals surface area contributed by atoms with E-state index in [0.29, 0.717) is 23.7 Å². The molecule has 4 N–H and O–H groups in total. The molecule has 7 nitrogen and oxygen atoms in total. The van der Waals surface area contributed by atoms with Gasteiger partial charge >= 0.3 is 0 Å². The second-order valence-corrected chi connectivity index (χ2v) is 11.6. The molecule has 0 spiro atoms. The summed E-state index contributed by atoms with van der Waals surface area (Å²) in [6, 6.07) is 15.5. The van der Waals surface area contributed by atoms with Gasteiger partial charge in [0.15, 0.2) is 0 Å². The van der Waals surface area contributed by atoms with Gasteiger partial charge < -0.3 is 11.1 Å². The van der Waals surface area contributed by atoms with Crippen LogP contribution in [0.4, 0.5) is 16.0 Å². The Kier molecular flexibility index (Phi) is 7.32. The van der Waals surface area contributed by atoms with Gasteiger partial charge in [0.1, 0.15) is 10.7 Å². The molecule has 1 aliphatic carbocycles. The molecule has 3 aromatic carbocycles. The molecule has 0 bridgehead atoms. The van der Waals surface area contributed by atoms with Gasteiger partial charge in [0.2, 0.25) is 5.95 Å². The van der Waals surface area contributed by atoms with Crippen LogP contribution in [0, 0.1) is 12.7 Å². The molecule has 1 fully saturated rings. The van der Waals surface area contributed by atoms with Crippen molar-refractivity contribution >= 4 is 32.6 Å². The number of anilines is 2. The summed E-state index contributed by atoms with van der Waals surface area (Å²) in [6.07, 6.45) is 6.73. The third-order valence-corrected chi connectivity index (χ3v) is 8.58. The summed E-state index contributed by atoms with van der Waals surface area (Å²) < 4.78 is 42.0. The summed E-state index contributed by atoms with van der Waals surface area (Å²) in [6.45, 7) is 4.02. The zero-order valence-corrected chi connectivity index (χ0v) is 22.4. The molecule has 4 aromatic rings. The monoisotopic (exact) mass is 533 g/mol. The largest absolute Gasteiger partial charge is 0.351 e. The molecule has 0 unspecified atom stereocenters. The first-order valence-corrected chi connectivity index (χ1v) is 14.4. The van der Waals surface area contributed by atoms with Crippen molar-refractivity contribution in [1.29, 1.82) is 0 Å². The molecule has 1 aliphatic rings. The van der Waals surface area contributed by atoms with Gasteiger partial charge in [-0.25, -0.2) is 22.8 Å². The van der Waals surface area contributed by atoms with Crippen LogP contribution in [-0.2, 0) is 16.4 Å². The summed E-state index contributed by atoms with van der Waals surface area (Å²) in [5.41, 5.74) is 11.3. The first-order chi connectivity index (χ1) is 18.2. The van der Waals surface area contributed by atoms with Gasteiger partial charge in [-0.3, -0.25) is 4.72 Å². The summed E-state index contributed by atoms with van der Waals surface area (Å²) in [4.78, 5) is 9.04. The van der Waals surface area contributed by atoms with Crippen LogP contribution in [0.2, 0.25) is 0 Å². The Morgan fingerprint density at radius 1 is 1.05 bits per heavy atom. The zero-order chi connectivity index (χ0) is 26.9. The van der Waals surface area contributed by atoms with Crippen molar-refractivity contribution in [2.24, 2.45) is 5.73 Å². The van der Waals surface area contributed by atoms with E-state index in [9.17, 15) is 12.8 Å². The maximum Gasteiger partial charge on any atom is 0.264 e. The van der Waals surface area contributed by atoms with Crippen LogP contribution in [0.5, 0.6) is 0 Å². The van der Waals surface area contributed by atoms with E-state index in [4.69, 9.17) is 10.7 Å². The molecular weight excluding hydrogens is 501 g/mol. The van der Waals surface area contributed by atoms with E-state index in [-0.39, 0.29) is 4.90 Å². The minimum atomic E-state index is -4.05. The van der Waals surface area contributed by atoms with Gasteiger partial charge in [-0.2, -0.15) is 0 Å². The third-order valence-electron chi connectivity index (χ3n) is 7.16. The number of aryl methyl sites for hydroxylation is 2. The second kappa shape index (κ2) is 10.7. The van der Waals surface area contributed by atoms with Crippen molar-refractivity contribution in [2.75, 3.05) is 10.0 Å². The van der Waals surface area contributed by atoms with Crippen LogP contribution >= 0.6 is 0 Å². The molecule has 0 saturated heterocycles. The first-order valence-electron chi connectivity index (χ1n) is 12.9. The lowest BCUT2D eigenvalue weighted by Crippen LogP contribution is -2.33. The van der Waals surface area contributed by atoms with Crippen LogP contribution < -0.4 is 15.8 Å². The highest BCUT2D eigenvalue weighted by atomic mass is 32.2. The molecule has 0 radical (unpaired) electrons. The number of fused-ring (bicyclic) bond motifs is 1. The molecule has 1 aromatic heterocycles. The van der Waals surface area contributed by atoms with Crippen molar-refractivity contribution in [3.8, 4) is 11.1 Å². The highest BCUT2D eigenvalue weighted by Gasteiger charge is 2.21. The van der Waals surface area contributed by atoms with Crippen LogP contribution in [0.15, 0.2) is 65.7 Å². The number of hydrogen-bond acceptors (Lipinski definition) is 6. The first kappa shape index (κ1) is 26.1. The standard InChI is InChI=1S/C29H32FN5O2S/c1-3-19-15-20(16-21-17-32-29(34-28(19)21)33-23-10-8-22(31)9-11-23)25-13-12-24(14-18(25)2)35-38(36,37)27-7-5-4-6-26(27)30/h4-7,12-17,22-23,35H,3,8-11,31H2,1-2H3,(H,32,33,34)/t22-,23-. The van der Waals surface area contributed by atoms with E-state index >= 15 is 0 Å². The maximum absolute atomic E-state index is 14.1. The number of nitrogens with two attached hydrogens (primary N) is 1. The summed E-state index contributed by atoms with van der Waals surface area (Å²) in [5, 5.41) is 4.43.